The number of carbonyl (C=O) groups is 6. The fourth-order valence-corrected chi connectivity index (χ4v) is 14.1. The fraction of sp³-hybridized carbons (Fsp3) is 0.478. The van der Waals surface area contributed by atoms with Gasteiger partial charge in [0.1, 0.15) is 53.3 Å². The van der Waals surface area contributed by atoms with Crippen molar-refractivity contribution in [3.8, 4) is 33.9 Å². The van der Waals surface area contributed by atoms with Gasteiger partial charge in [0.2, 0.25) is 6.10 Å². The number of aliphatic hydroxyl groups is 3. The van der Waals surface area contributed by atoms with E-state index < -0.39 is 119 Å². The maximum absolute atomic E-state index is 15.5. The summed E-state index contributed by atoms with van der Waals surface area (Å²) >= 11 is 0. The van der Waals surface area contributed by atoms with Crippen LogP contribution in [0.5, 0.6) is 11.5 Å². The van der Waals surface area contributed by atoms with E-state index >= 15 is 9.59 Å². The third-order valence-corrected chi connectivity index (χ3v) is 19.0. The normalized spacial score (nSPS) is 27.2. The summed E-state index contributed by atoms with van der Waals surface area (Å²) in [6.45, 7) is 17.5. The van der Waals surface area contributed by atoms with E-state index in [2.05, 4.69) is 20.4 Å². The highest BCUT2D eigenvalue weighted by Gasteiger charge is 2.78. The van der Waals surface area contributed by atoms with Crippen LogP contribution in [0, 0.1) is 23.7 Å². The Balaban J connectivity index is 0.946. The number of Topliss-reactive ketones (excluding diaryl/α,β-unsaturated/α-hetero) is 1. The highest BCUT2D eigenvalue weighted by Crippen LogP contribution is 2.64. The van der Waals surface area contributed by atoms with Crippen LogP contribution in [0.25, 0.3) is 22.4 Å². The Hall–Kier alpha value is -8.15. The van der Waals surface area contributed by atoms with E-state index in [0.717, 1.165) is 29.3 Å². The lowest BCUT2D eigenvalue weighted by atomic mass is 9.44. The monoisotopic (exact) mass is 1230 g/mol. The second kappa shape index (κ2) is 24.7. The van der Waals surface area contributed by atoms with Crippen LogP contribution in [0.4, 0.5) is 9.59 Å². The molecule has 474 valence electrons. The highest BCUT2D eigenvalue weighted by molar-refractivity contribution is 5.94. The number of aliphatic hydroxyl groups excluding tert-OH is 2. The van der Waals surface area contributed by atoms with E-state index in [-0.39, 0.29) is 60.2 Å². The first-order valence-electron chi connectivity index (χ1n) is 30.1. The summed E-state index contributed by atoms with van der Waals surface area (Å²) in [5.41, 5.74) is -2.62. The van der Waals surface area contributed by atoms with Gasteiger partial charge in [-0.15, -0.1) is 0 Å². The van der Waals surface area contributed by atoms with Gasteiger partial charge in [0.25, 0.3) is 0 Å². The number of amides is 2. The van der Waals surface area contributed by atoms with E-state index in [0.29, 0.717) is 42.0 Å². The number of carbonyl (C=O) groups excluding carboxylic acids is 6. The maximum Gasteiger partial charge on any atom is 0.410 e. The number of hydrogen-bond donors (Lipinski definition) is 7. The molecule has 22 nitrogen and oxygen atoms in total. The zero-order valence-electron chi connectivity index (χ0n) is 51.6. The van der Waals surface area contributed by atoms with Crippen molar-refractivity contribution in [1.82, 2.24) is 25.3 Å². The molecule has 0 radical (unpaired) electrons. The Labute approximate surface area is 516 Å². The van der Waals surface area contributed by atoms with Crippen LogP contribution in [0.15, 0.2) is 108 Å². The van der Waals surface area contributed by atoms with Crippen molar-refractivity contribution in [3.63, 3.8) is 0 Å². The van der Waals surface area contributed by atoms with Crippen LogP contribution in [0.2, 0.25) is 0 Å². The molecule has 4 fully saturated rings. The minimum atomic E-state index is -2.46. The number of ketones is 1. The molecule has 2 saturated carbocycles. The van der Waals surface area contributed by atoms with Crippen molar-refractivity contribution < 1.29 is 82.7 Å². The number of aromatic hydroxyl groups is 2. The van der Waals surface area contributed by atoms with Gasteiger partial charge >= 0.3 is 30.1 Å². The zero-order chi connectivity index (χ0) is 64.2. The summed E-state index contributed by atoms with van der Waals surface area (Å²) in [5, 5.41) is 70.4. The van der Waals surface area contributed by atoms with Crippen molar-refractivity contribution in [2.45, 2.75) is 155 Å². The highest BCUT2D eigenvalue weighted by atomic mass is 16.6. The number of ether oxygens (including phenoxy) is 6. The average molecular weight is 1230 g/mol. The smallest absolute Gasteiger partial charge is 0.410 e. The van der Waals surface area contributed by atoms with Gasteiger partial charge in [-0.05, 0) is 92.1 Å². The van der Waals surface area contributed by atoms with Gasteiger partial charge in [0.05, 0.1) is 35.7 Å². The fourth-order valence-electron chi connectivity index (χ4n) is 14.1. The third kappa shape index (κ3) is 11.6. The number of benzene rings is 4. The molecule has 2 bridgehead atoms. The summed E-state index contributed by atoms with van der Waals surface area (Å²) in [6, 6.07) is 25.6. The number of rotatable bonds is 15. The molecular formula is C67H79N5O17. The van der Waals surface area contributed by atoms with Crippen molar-refractivity contribution in [1.29, 1.82) is 0 Å². The van der Waals surface area contributed by atoms with Crippen molar-refractivity contribution >= 4 is 35.9 Å². The maximum atomic E-state index is 15.5. The Morgan fingerprint density at radius 3 is 2.10 bits per heavy atom. The van der Waals surface area contributed by atoms with E-state index in [1.807, 2.05) is 45.0 Å². The summed E-state index contributed by atoms with van der Waals surface area (Å²) in [4.78, 5) is 90.5. The molecule has 3 aliphatic carbocycles. The van der Waals surface area contributed by atoms with Gasteiger partial charge in [0.15, 0.2) is 11.4 Å². The number of aromatic amines is 1. The number of phenols is 2. The van der Waals surface area contributed by atoms with Gasteiger partial charge in [0, 0.05) is 80.8 Å². The SMILES string of the molecule is CC(=O)O[C@@]12CO[C@@H]1C[C@H](O)[C@@]1(C)C(=O)[C@H](O)C3=C(C)[C@@H](OC(=O)[C@H](OC(=O)N4CCN(Cc5ccc(-c6c(-c7cc(C(C)C)c(O)cc7O)n[nH]c6C)cc5)CC4)[C@@H](NC(=O)OC(C)C)c4ccccc4)C[C@@](O)([C@@H](OC(=O)c4ccccc4)C12)C3(C)C. The molecule has 2 saturated heterocycles. The summed E-state index contributed by atoms with van der Waals surface area (Å²) in [5.74, 6) is -5.62. The number of aromatic nitrogens is 2. The average Bonchev–Trinajstić information content (AvgIpc) is 0.929. The molecule has 2 amide bonds. The Morgan fingerprint density at radius 2 is 1.49 bits per heavy atom. The molecule has 1 aromatic heterocycles. The minimum Gasteiger partial charge on any atom is -0.508 e. The first kappa shape index (κ1) is 63.9. The standard InChI is InChI=1S/C67H79N5O17/c1-35(2)44-29-45(47(75)30-46(44)74)54-51(38(6)69-70-54)41-23-21-40(22-24-41)33-71-25-27-72(28-26-71)63(82)87-56(53(42-17-13-11-14-18-42)68-62(81)85-36(3)4)61(80)86-48-32-67(83)59(88-60(79)43-19-15-12-16-20-43)57-65(10,58(78)55(77)52(37(48)5)64(67,8)9)49(76)31-50-66(57,34-84-50)89-39(7)73/h11-24,29-30,35-36,48-50,53,55-57,59,74-77,83H,25-28,31-34H2,1-10H3,(H,68,81)(H,69,70)/t48-,49-,50+,53-,55+,56+,57?,59-,65+,66-,67+/m0/s1. The molecule has 3 heterocycles. The van der Waals surface area contributed by atoms with Gasteiger partial charge in [-0.2, -0.15) is 5.10 Å². The second-order valence-corrected chi connectivity index (χ2v) is 25.5. The predicted octanol–water partition coefficient (Wildman–Crippen LogP) is 7.73. The molecule has 89 heavy (non-hydrogen) atoms. The lowest BCUT2D eigenvalue weighted by Crippen LogP contribution is -2.81. The number of nitrogens with zero attached hydrogens (tertiary/aromatic N) is 3. The molecule has 5 aromatic rings. The van der Waals surface area contributed by atoms with E-state index in [4.69, 9.17) is 28.4 Å². The number of aryl methyl sites for hydroxylation is 1. The summed E-state index contributed by atoms with van der Waals surface area (Å²) < 4.78 is 36.7. The Morgan fingerprint density at radius 1 is 0.843 bits per heavy atom. The van der Waals surface area contributed by atoms with Crippen LogP contribution < -0.4 is 5.32 Å². The van der Waals surface area contributed by atoms with Gasteiger partial charge in [-0.1, -0.05) is 100 Å². The molecule has 11 atom stereocenters. The topological polar surface area (TPSA) is 306 Å². The molecule has 7 N–H and O–H groups in total. The zero-order valence-corrected chi connectivity index (χ0v) is 51.6. The van der Waals surface area contributed by atoms with E-state index in [1.165, 1.54) is 36.9 Å². The first-order valence-corrected chi connectivity index (χ1v) is 30.1. The predicted molar refractivity (Wildman–Crippen MR) is 322 cm³/mol. The van der Waals surface area contributed by atoms with Gasteiger partial charge < -0.3 is 64.2 Å². The third-order valence-electron chi connectivity index (χ3n) is 19.0. The van der Waals surface area contributed by atoms with Crippen LogP contribution in [-0.4, -0.2) is 168 Å². The number of fused-ring (bicyclic) bond motifs is 5. The Kier molecular flexibility index (Phi) is 17.7. The molecule has 0 spiro atoms. The Bertz CT molecular complexity index is 3540. The van der Waals surface area contributed by atoms with Gasteiger partial charge in [-0.25, -0.2) is 19.2 Å². The molecule has 10 rings (SSSR count). The molecule has 22 heteroatoms. The number of phenolic OH excluding ortho intramolecular Hbond substituents is 2. The molecular weight excluding hydrogens is 1150 g/mol. The lowest BCUT2D eigenvalue weighted by Gasteiger charge is -2.67. The second-order valence-electron chi connectivity index (χ2n) is 25.5. The summed E-state index contributed by atoms with van der Waals surface area (Å²) in [7, 11) is 0. The minimum absolute atomic E-state index is 0.00216. The number of nitrogens with one attached hydrogen (secondary N) is 2. The molecule has 4 aromatic carbocycles. The lowest BCUT2D eigenvalue weighted by molar-refractivity contribution is -0.346. The number of hydrogen-bond acceptors (Lipinski definition) is 19. The summed E-state index contributed by atoms with van der Waals surface area (Å²) in [6.07, 6.45) is -13.5. The van der Waals surface area contributed by atoms with Crippen LogP contribution >= 0.6 is 0 Å². The van der Waals surface area contributed by atoms with Crippen molar-refractivity contribution in [2.24, 2.45) is 16.7 Å². The number of H-pyrrole nitrogens is 1. The number of alkyl carbamates (subject to hydrolysis) is 1. The van der Waals surface area contributed by atoms with Crippen LogP contribution in [0.1, 0.15) is 120 Å². The van der Waals surface area contributed by atoms with Crippen molar-refractivity contribution in [3.05, 3.63) is 136 Å². The first-order chi connectivity index (χ1) is 42.1. The number of piperazine rings is 1. The van der Waals surface area contributed by atoms with Gasteiger partial charge in [-0.3, -0.25) is 19.6 Å². The largest absolute Gasteiger partial charge is 0.508 e. The van der Waals surface area contributed by atoms with E-state index in [1.54, 1.807) is 82.3 Å². The molecule has 5 aliphatic rings. The molecule has 1 unspecified atom stereocenters. The number of esters is 3. The van der Waals surface area contributed by atoms with Crippen molar-refractivity contribution in [2.75, 3.05) is 32.8 Å². The van der Waals surface area contributed by atoms with Crippen LogP contribution in [-0.2, 0) is 49.3 Å². The van der Waals surface area contributed by atoms with E-state index in [9.17, 15) is 44.7 Å². The quantitative estimate of drug-likeness (QED) is 0.0299. The van der Waals surface area contributed by atoms with Crippen LogP contribution in [0.3, 0.4) is 0 Å². The molecule has 2 aliphatic heterocycles.